The highest BCUT2D eigenvalue weighted by atomic mass is 35.5. The van der Waals surface area contributed by atoms with Gasteiger partial charge in [0, 0.05) is 0 Å². The molecule has 0 atom stereocenters. The Bertz CT molecular complexity index is 631. The van der Waals surface area contributed by atoms with Gasteiger partial charge in [0.05, 0.1) is 16.1 Å². The van der Waals surface area contributed by atoms with Gasteiger partial charge >= 0.3 is 6.18 Å². The zero-order valence-electron chi connectivity index (χ0n) is 9.09. The number of carbonyl (C=O) groups is 1. The smallest absolute Gasteiger partial charge is 0.416 e. The van der Waals surface area contributed by atoms with E-state index in [9.17, 15) is 22.4 Å². The predicted molar refractivity (Wildman–Crippen MR) is 59.5 cm³/mol. The summed E-state index contributed by atoms with van der Waals surface area (Å²) in [6.45, 7) is 0. The zero-order chi connectivity index (χ0) is 14.2. The Morgan fingerprint density at radius 2 is 1.89 bits per heavy atom. The Morgan fingerprint density at radius 1 is 1.21 bits per heavy atom. The molecule has 0 saturated carbocycles. The van der Waals surface area contributed by atoms with Crippen molar-refractivity contribution in [2.75, 3.05) is 0 Å². The number of benzene rings is 1. The van der Waals surface area contributed by atoms with E-state index in [0.717, 1.165) is 0 Å². The molecule has 0 saturated heterocycles. The fourth-order valence-electron chi connectivity index (χ4n) is 1.49. The van der Waals surface area contributed by atoms with E-state index in [1.165, 1.54) is 12.1 Å². The normalized spacial score (nSPS) is 11.6. The standard InChI is InChI=1S/C12H5ClF4O2/c13-9-4-6(12(15,16)17)3-8(11(9)14)10-2-1-7(5-18)19-10/h1-5H. The lowest BCUT2D eigenvalue weighted by Gasteiger charge is -2.10. The van der Waals surface area contributed by atoms with E-state index < -0.39 is 28.1 Å². The zero-order valence-corrected chi connectivity index (χ0v) is 9.85. The lowest BCUT2D eigenvalue weighted by atomic mass is 10.1. The van der Waals surface area contributed by atoms with Crippen LogP contribution in [0.2, 0.25) is 5.02 Å². The van der Waals surface area contributed by atoms with E-state index in [1.807, 2.05) is 0 Å². The van der Waals surface area contributed by atoms with E-state index in [1.54, 1.807) is 0 Å². The third kappa shape index (κ3) is 2.63. The monoisotopic (exact) mass is 292 g/mol. The second-order valence-electron chi connectivity index (χ2n) is 3.64. The molecule has 0 aliphatic carbocycles. The summed E-state index contributed by atoms with van der Waals surface area (Å²) in [5.74, 6) is -1.36. The highest BCUT2D eigenvalue weighted by Crippen LogP contribution is 2.37. The lowest BCUT2D eigenvalue weighted by Crippen LogP contribution is -2.06. The Labute approximate surface area is 109 Å². The molecule has 7 heteroatoms. The van der Waals surface area contributed by atoms with Crippen LogP contribution in [0.4, 0.5) is 17.6 Å². The summed E-state index contributed by atoms with van der Waals surface area (Å²) in [5.41, 5.74) is -1.55. The fraction of sp³-hybridized carbons (Fsp3) is 0.0833. The highest BCUT2D eigenvalue weighted by molar-refractivity contribution is 6.31. The van der Waals surface area contributed by atoms with E-state index in [4.69, 9.17) is 16.0 Å². The van der Waals surface area contributed by atoms with Gasteiger partial charge in [0.1, 0.15) is 5.76 Å². The number of halogens is 5. The van der Waals surface area contributed by atoms with Gasteiger partial charge in [-0.25, -0.2) is 4.39 Å². The van der Waals surface area contributed by atoms with Crippen molar-refractivity contribution in [3.05, 3.63) is 46.4 Å². The third-order valence-corrected chi connectivity index (χ3v) is 2.64. The largest absolute Gasteiger partial charge is 0.453 e. The summed E-state index contributed by atoms with van der Waals surface area (Å²) in [6, 6.07) is 3.48. The molecule has 0 amide bonds. The first-order valence-corrected chi connectivity index (χ1v) is 5.32. The average molecular weight is 293 g/mol. The van der Waals surface area contributed by atoms with Crippen molar-refractivity contribution in [1.29, 1.82) is 0 Å². The molecule has 0 spiro atoms. The summed E-state index contributed by atoms with van der Waals surface area (Å²) in [6.07, 6.45) is -4.30. The van der Waals surface area contributed by atoms with Gasteiger partial charge < -0.3 is 4.42 Å². The molecule has 0 unspecified atom stereocenters. The Hall–Kier alpha value is -1.82. The molecule has 0 aliphatic rings. The molecule has 2 rings (SSSR count). The summed E-state index contributed by atoms with van der Waals surface area (Å²) in [7, 11) is 0. The van der Waals surface area contributed by atoms with Gasteiger partial charge in [0.2, 0.25) is 0 Å². The molecular weight excluding hydrogens is 288 g/mol. The highest BCUT2D eigenvalue weighted by Gasteiger charge is 2.32. The van der Waals surface area contributed by atoms with E-state index >= 15 is 0 Å². The lowest BCUT2D eigenvalue weighted by molar-refractivity contribution is -0.137. The van der Waals surface area contributed by atoms with Crippen LogP contribution in [0.3, 0.4) is 0 Å². The van der Waals surface area contributed by atoms with Crippen LogP contribution >= 0.6 is 11.6 Å². The topological polar surface area (TPSA) is 30.2 Å². The van der Waals surface area contributed by atoms with Crippen LogP contribution in [0.15, 0.2) is 28.7 Å². The molecule has 0 radical (unpaired) electrons. The van der Waals surface area contributed by atoms with Crippen molar-refractivity contribution in [3.63, 3.8) is 0 Å². The molecule has 0 N–H and O–H groups in total. The predicted octanol–water partition coefficient (Wildman–Crippen LogP) is 4.57. The summed E-state index contributed by atoms with van der Waals surface area (Å²) >= 11 is 5.43. The molecule has 1 aromatic carbocycles. The van der Waals surface area contributed by atoms with Gasteiger partial charge in [-0.05, 0) is 24.3 Å². The molecule has 0 fully saturated rings. The van der Waals surface area contributed by atoms with Crippen molar-refractivity contribution < 1.29 is 26.8 Å². The minimum Gasteiger partial charge on any atom is -0.453 e. The first-order chi connectivity index (χ1) is 8.82. The number of alkyl halides is 3. The number of rotatable bonds is 2. The SMILES string of the molecule is O=Cc1ccc(-c2cc(C(F)(F)F)cc(Cl)c2F)o1. The van der Waals surface area contributed by atoms with Crippen LogP contribution in [0.1, 0.15) is 16.1 Å². The van der Waals surface area contributed by atoms with Crippen molar-refractivity contribution in [3.8, 4) is 11.3 Å². The van der Waals surface area contributed by atoms with Gasteiger partial charge in [-0.1, -0.05) is 11.6 Å². The summed E-state index contributed by atoms with van der Waals surface area (Å²) < 4.78 is 56.4. The molecule has 1 aromatic heterocycles. The first kappa shape index (κ1) is 13.6. The molecule has 19 heavy (non-hydrogen) atoms. The molecule has 2 nitrogen and oxygen atoms in total. The minimum atomic E-state index is -4.66. The average Bonchev–Trinajstić information content (AvgIpc) is 2.79. The van der Waals surface area contributed by atoms with Gasteiger partial charge in [-0.2, -0.15) is 13.2 Å². The van der Waals surface area contributed by atoms with Crippen molar-refractivity contribution in [1.82, 2.24) is 0 Å². The van der Waals surface area contributed by atoms with Crippen LogP contribution < -0.4 is 0 Å². The van der Waals surface area contributed by atoms with Gasteiger partial charge in [-0.15, -0.1) is 0 Å². The maximum absolute atomic E-state index is 13.7. The van der Waals surface area contributed by atoms with E-state index in [0.29, 0.717) is 18.4 Å². The number of aldehydes is 1. The first-order valence-electron chi connectivity index (χ1n) is 4.94. The van der Waals surface area contributed by atoms with Crippen LogP contribution in [0, 0.1) is 5.82 Å². The summed E-state index contributed by atoms with van der Waals surface area (Å²) in [5, 5.41) is -0.672. The van der Waals surface area contributed by atoms with Crippen molar-refractivity contribution in [2.24, 2.45) is 0 Å². The second kappa shape index (κ2) is 4.70. The second-order valence-corrected chi connectivity index (χ2v) is 4.04. The summed E-state index contributed by atoms with van der Waals surface area (Å²) in [4.78, 5) is 10.4. The van der Waals surface area contributed by atoms with Crippen LogP contribution in [0.5, 0.6) is 0 Å². The number of carbonyl (C=O) groups excluding carboxylic acids is 1. The molecule has 2 aromatic rings. The molecule has 0 bridgehead atoms. The van der Waals surface area contributed by atoms with Crippen LogP contribution in [-0.4, -0.2) is 6.29 Å². The van der Waals surface area contributed by atoms with Crippen LogP contribution in [-0.2, 0) is 6.18 Å². The Kier molecular flexibility index (Phi) is 3.36. The maximum atomic E-state index is 13.7. The van der Waals surface area contributed by atoms with E-state index in [2.05, 4.69) is 0 Å². The molecular formula is C12H5ClF4O2. The maximum Gasteiger partial charge on any atom is 0.416 e. The van der Waals surface area contributed by atoms with Crippen LogP contribution in [0.25, 0.3) is 11.3 Å². The van der Waals surface area contributed by atoms with Gasteiger partial charge in [-0.3, -0.25) is 4.79 Å². The molecule has 100 valence electrons. The number of hydrogen-bond donors (Lipinski definition) is 0. The number of furan rings is 1. The Morgan fingerprint density at radius 3 is 2.42 bits per heavy atom. The molecule has 1 heterocycles. The van der Waals surface area contributed by atoms with Crippen molar-refractivity contribution >= 4 is 17.9 Å². The van der Waals surface area contributed by atoms with Gasteiger partial charge in [0.15, 0.2) is 17.9 Å². The quantitative estimate of drug-likeness (QED) is 0.599. The Balaban J connectivity index is 2.62. The van der Waals surface area contributed by atoms with Crippen molar-refractivity contribution in [2.45, 2.75) is 6.18 Å². The van der Waals surface area contributed by atoms with Gasteiger partial charge in [0.25, 0.3) is 0 Å². The minimum absolute atomic E-state index is 0.122. The van der Waals surface area contributed by atoms with E-state index in [-0.39, 0.29) is 11.5 Å². The number of hydrogen-bond acceptors (Lipinski definition) is 2. The third-order valence-electron chi connectivity index (χ3n) is 2.36. The fourth-order valence-corrected chi connectivity index (χ4v) is 1.71. The molecule has 0 aliphatic heterocycles.